The van der Waals surface area contributed by atoms with Crippen LogP contribution in [-0.4, -0.2) is 35.4 Å². The van der Waals surface area contributed by atoms with E-state index in [9.17, 15) is 0 Å². The normalized spacial score (nSPS) is 13.6. The van der Waals surface area contributed by atoms with E-state index in [0.29, 0.717) is 4.99 Å². The summed E-state index contributed by atoms with van der Waals surface area (Å²) in [5, 5.41) is 8.06. The van der Waals surface area contributed by atoms with Gasteiger partial charge in [-0.3, -0.25) is 4.98 Å². The van der Waals surface area contributed by atoms with E-state index in [2.05, 4.69) is 49.0 Å². The van der Waals surface area contributed by atoms with Gasteiger partial charge in [0.15, 0.2) is 0 Å². The number of nitrogens with zero attached hydrogens (tertiary/aromatic N) is 2. The van der Waals surface area contributed by atoms with Gasteiger partial charge in [-0.15, -0.1) is 0 Å². The maximum absolute atomic E-state index is 6.04. The predicted molar refractivity (Wildman–Crippen MR) is 115 cm³/mol. The molecular formula is C18H22IN3O2S. The SMILES string of the molecule is CON=CCC(C)NC(=S)C(C)Oc1cc(C)c2ncc(I)cc2c1. The Kier molecular flexibility index (Phi) is 7.37. The molecule has 0 aliphatic rings. The first-order chi connectivity index (χ1) is 11.9. The molecule has 1 aromatic heterocycles. The Labute approximate surface area is 167 Å². The third kappa shape index (κ3) is 5.78. The molecule has 1 aromatic carbocycles. The van der Waals surface area contributed by atoms with Gasteiger partial charge in [-0.2, -0.15) is 0 Å². The van der Waals surface area contributed by atoms with Gasteiger partial charge in [0, 0.05) is 33.8 Å². The van der Waals surface area contributed by atoms with Gasteiger partial charge in [0.25, 0.3) is 0 Å². The average molecular weight is 471 g/mol. The summed E-state index contributed by atoms with van der Waals surface area (Å²) in [6, 6.07) is 6.25. The number of fused-ring (bicyclic) bond motifs is 1. The molecule has 0 saturated heterocycles. The fraction of sp³-hybridized carbons (Fsp3) is 0.389. The first kappa shape index (κ1) is 19.8. The quantitative estimate of drug-likeness (QED) is 0.283. The number of benzene rings is 1. The highest BCUT2D eigenvalue weighted by Gasteiger charge is 2.14. The average Bonchev–Trinajstić information content (AvgIpc) is 2.54. The van der Waals surface area contributed by atoms with Crippen molar-refractivity contribution in [3.63, 3.8) is 0 Å². The molecule has 0 aliphatic carbocycles. The molecule has 2 aromatic rings. The lowest BCUT2D eigenvalue weighted by Crippen LogP contribution is -2.40. The van der Waals surface area contributed by atoms with Gasteiger partial charge in [0.1, 0.15) is 24.0 Å². The predicted octanol–water partition coefficient (Wildman–Crippen LogP) is 4.24. The minimum Gasteiger partial charge on any atom is -0.484 e. The van der Waals surface area contributed by atoms with E-state index in [4.69, 9.17) is 17.0 Å². The van der Waals surface area contributed by atoms with Crippen LogP contribution >= 0.6 is 34.8 Å². The number of pyridine rings is 1. The van der Waals surface area contributed by atoms with Crippen molar-refractivity contribution in [2.45, 2.75) is 39.3 Å². The number of aromatic nitrogens is 1. The first-order valence-corrected chi connectivity index (χ1v) is 9.47. The van der Waals surface area contributed by atoms with Crippen LogP contribution in [0.5, 0.6) is 5.75 Å². The van der Waals surface area contributed by atoms with Crippen LogP contribution in [0.3, 0.4) is 0 Å². The van der Waals surface area contributed by atoms with Crippen molar-refractivity contribution in [2.75, 3.05) is 7.11 Å². The molecule has 2 atom stereocenters. The summed E-state index contributed by atoms with van der Waals surface area (Å²) in [7, 11) is 1.53. The fourth-order valence-corrected chi connectivity index (χ4v) is 3.12. The molecule has 0 amide bonds. The molecule has 2 rings (SSSR count). The van der Waals surface area contributed by atoms with Crippen LogP contribution in [0.25, 0.3) is 10.9 Å². The van der Waals surface area contributed by atoms with Crippen LogP contribution in [0.15, 0.2) is 29.6 Å². The van der Waals surface area contributed by atoms with Crippen LogP contribution < -0.4 is 10.1 Å². The molecular weight excluding hydrogens is 449 g/mol. The monoisotopic (exact) mass is 471 g/mol. The van der Waals surface area contributed by atoms with E-state index in [1.807, 2.05) is 39.1 Å². The van der Waals surface area contributed by atoms with E-state index in [1.54, 1.807) is 6.21 Å². The van der Waals surface area contributed by atoms with Gasteiger partial charge >= 0.3 is 0 Å². The first-order valence-electron chi connectivity index (χ1n) is 7.98. The molecule has 134 valence electrons. The molecule has 0 fully saturated rings. The number of rotatable bonds is 7. The van der Waals surface area contributed by atoms with E-state index >= 15 is 0 Å². The van der Waals surface area contributed by atoms with Gasteiger partial charge in [0.2, 0.25) is 0 Å². The van der Waals surface area contributed by atoms with Crippen LogP contribution in [0.2, 0.25) is 0 Å². The molecule has 1 heterocycles. The standard InChI is InChI=1S/C18H22IN3O2S/c1-11-7-16(9-14-8-15(19)10-20-17(11)14)24-13(3)18(25)22-12(2)5-6-21-23-4/h6-10,12-13H,5H2,1-4H3,(H,22,25). The second-order valence-corrected chi connectivity index (χ2v) is 7.53. The lowest BCUT2D eigenvalue weighted by atomic mass is 10.1. The molecule has 5 nitrogen and oxygen atoms in total. The second kappa shape index (κ2) is 9.28. The van der Waals surface area contributed by atoms with E-state index in [1.165, 1.54) is 7.11 Å². The molecule has 1 N–H and O–H groups in total. The summed E-state index contributed by atoms with van der Waals surface area (Å²) in [4.78, 5) is 9.81. The highest BCUT2D eigenvalue weighted by molar-refractivity contribution is 14.1. The van der Waals surface area contributed by atoms with Crippen LogP contribution in [0.1, 0.15) is 25.8 Å². The Balaban J connectivity index is 2.04. The lowest BCUT2D eigenvalue weighted by molar-refractivity contribution is 0.214. The Hall–Kier alpha value is -1.48. The van der Waals surface area contributed by atoms with Crippen molar-refractivity contribution in [2.24, 2.45) is 5.16 Å². The Morgan fingerprint density at radius 2 is 2.16 bits per heavy atom. The number of hydrogen-bond donors (Lipinski definition) is 1. The van der Waals surface area contributed by atoms with Gasteiger partial charge < -0.3 is 14.9 Å². The van der Waals surface area contributed by atoms with Crippen molar-refractivity contribution in [3.05, 3.63) is 33.5 Å². The topological polar surface area (TPSA) is 55.7 Å². The van der Waals surface area contributed by atoms with Gasteiger partial charge in [-0.25, -0.2) is 0 Å². The molecule has 0 saturated carbocycles. The van der Waals surface area contributed by atoms with Gasteiger partial charge in [-0.05, 0) is 67.1 Å². The molecule has 0 spiro atoms. The highest BCUT2D eigenvalue weighted by Crippen LogP contribution is 2.25. The zero-order valence-electron chi connectivity index (χ0n) is 14.7. The van der Waals surface area contributed by atoms with Crippen molar-refractivity contribution in [3.8, 4) is 5.75 Å². The van der Waals surface area contributed by atoms with E-state index in [0.717, 1.165) is 32.2 Å². The van der Waals surface area contributed by atoms with E-state index < -0.39 is 0 Å². The van der Waals surface area contributed by atoms with Crippen LogP contribution in [0.4, 0.5) is 0 Å². The third-order valence-electron chi connectivity index (χ3n) is 3.62. The Morgan fingerprint density at radius 1 is 1.40 bits per heavy atom. The number of aryl methyl sites for hydroxylation is 1. The van der Waals surface area contributed by atoms with Crippen LogP contribution in [0, 0.1) is 10.5 Å². The van der Waals surface area contributed by atoms with Crippen LogP contribution in [-0.2, 0) is 4.84 Å². The Bertz CT molecular complexity index is 782. The maximum Gasteiger partial charge on any atom is 0.146 e. The summed E-state index contributed by atoms with van der Waals surface area (Å²) in [5.41, 5.74) is 2.08. The summed E-state index contributed by atoms with van der Waals surface area (Å²) >= 11 is 7.72. The maximum atomic E-state index is 6.04. The minimum absolute atomic E-state index is 0.154. The molecule has 25 heavy (non-hydrogen) atoms. The zero-order valence-corrected chi connectivity index (χ0v) is 17.7. The number of ether oxygens (including phenoxy) is 1. The lowest BCUT2D eigenvalue weighted by Gasteiger charge is -2.21. The summed E-state index contributed by atoms with van der Waals surface area (Å²) in [5.74, 6) is 0.791. The third-order valence-corrected chi connectivity index (χ3v) is 4.66. The summed E-state index contributed by atoms with van der Waals surface area (Å²) in [6.07, 6.45) is 4.07. The smallest absolute Gasteiger partial charge is 0.146 e. The summed E-state index contributed by atoms with van der Waals surface area (Å²) in [6.45, 7) is 6.01. The molecule has 0 radical (unpaired) electrons. The van der Waals surface area contributed by atoms with Crippen molar-refractivity contribution < 1.29 is 9.57 Å². The molecule has 0 aliphatic heterocycles. The summed E-state index contributed by atoms with van der Waals surface area (Å²) < 4.78 is 7.13. The van der Waals surface area contributed by atoms with Crippen molar-refractivity contribution in [1.82, 2.24) is 10.3 Å². The molecule has 2 unspecified atom stereocenters. The zero-order chi connectivity index (χ0) is 18.4. The number of nitrogens with one attached hydrogen (secondary N) is 1. The van der Waals surface area contributed by atoms with Gasteiger partial charge in [-0.1, -0.05) is 17.4 Å². The number of halogens is 1. The molecule has 0 bridgehead atoms. The van der Waals surface area contributed by atoms with Gasteiger partial charge in [0.05, 0.1) is 5.52 Å². The highest BCUT2D eigenvalue weighted by atomic mass is 127. The fourth-order valence-electron chi connectivity index (χ4n) is 2.39. The second-order valence-electron chi connectivity index (χ2n) is 5.84. The number of oxime groups is 1. The molecule has 7 heteroatoms. The van der Waals surface area contributed by atoms with Crippen molar-refractivity contribution >= 4 is 56.9 Å². The number of hydrogen-bond acceptors (Lipinski definition) is 5. The number of thiocarbonyl (C=S) groups is 1. The van der Waals surface area contributed by atoms with E-state index in [-0.39, 0.29) is 12.1 Å². The Morgan fingerprint density at radius 3 is 2.88 bits per heavy atom. The van der Waals surface area contributed by atoms with Crippen molar-refractivity contribution in [1.29, 1.82) is 0 Å². The largest absolute Gasteiger partial charge is 0.484 e. The minimum atomic E-state index is -0.232.